The van der Waals surface area contributed by atoms with Gasteiger partial charge in [0.05, 0.1) is 28.2 Å². The minimum atomic E-state index is -0.628. The molecule has 0 saturated carbocycles. The van der Waals surface area contributed by atoms with Crippen molar-refractivity contribution in [2.75, 3.05) is 5.73 Å². The van der Waals surface area contributed by atoms with Crippen LogP contribution >= 0.6 is 11.3 Å². The van der Waals surface area contributed by atoms with Crippen molar-refractivity contribution in [3.05, 3.63) is 44.0 Å². The molecule has 0 unspecified atom stereocenters. The van der Waals surface area contributed by atoms with Crippen LogP contribution in [0.3, 0.4) is 0 Å². The number of nitrogen functional groups attached to an aromatic ring is 1. The van der Waals surface area contributed by atoms with E-state index in [2.05, 4.69) is 15.3 Å². The molecular formula is C11H11N5O3S. The van der Waals surface area contributed by atoms with Gasteiger partial charge in [0.2, 0.25) is 0 Å². The van der Waals surface area contributed by atoms with Crippen LogP contribution in [0.2, 0.25) is 0 Å². The lowest BCUT2D eigenvalue weighted by Gasteiger charge is -2.06. The first-order chi connectivity index (χ1) is 9.49. The van der Waals surface area contributed by atoms with Crippen LogP contribution in [0.5, 0.6) is 0 Å². The number of aromatic nitrogens is 2. The van der Waals surface area contributed by atoms with E-state index in [9.17, 15) is 14.9 Å². The number of nitrogens with two attached hydrogens (primary N) is 1. The molecule has 2 aromatic heterocycles. The van der Waals surface area contributed by atoms with E-state index >= 15 is 0 Å². The van der Waals surface area contributed by atoms with Crippen LogP contribution in [0.1, 0.15) is 20.9 Å². The average Bonchev–Trinajstić information content (AvgIpc) is 2.81. The van der Waals surface area contributed by atoms with Crippen LogP contribution in [0.4, 0.5) is 11.5 Å². The highest BCUT2D eigenvalue weighted by atomic mass is 32.1. The van der Waals surface area contributed by atoms with Gasteiger partial charge >= 0.3 is 0 Å². The molecule has 0 aromatic carbocycles. The molecule has 1 amide bonds. The number of nitrogens with one attached hydrogen (secondary N) is 1. The molecule has 8 nitrogen and oxygen atoms in total. The van der Waals surface area contributed by atoms with Crippen LogP contribution in [0.15, 0.2) is 17.8 Å². The van der Waals surface area contributed by atoms with Gasteiger partial charge in [-0.25, -0.2) is 9.97 Å². The van der Waals surface area contributed by atoms with Crippen LogP contribution in [-0.2, 0) is 6.54 Å². The maximum absolute atomic E-state index is 12.0. The summed E-state index contributed by atoms with van der Waals surface area (Å²) in [5, 5.41) is 13.3. The standard InChI is InChI=1S/C11H11N5O3S/c1-6-9(20-5-15-6)4-14-11(17)8-2-7(16(18)19)3-13-10(8)12/h2-3,5H,4H2,1H3,(H2,12,13)(H,14,17). The van der Waals surface area contributed by atoms with Gasteiger partial charge in [-0.3, -0.25) is 14.9 Å². The molecule has 9 heteroatoms. The summed E-state index contributed by atoms with van der Waals surface area (Å²) in [6.45, 7) is 2.12. The average molecular weight is 293 g/mol. The first kappa shape index (κ1) is 13.9. The van der Waals surface area contributed by atoms with Crippen molar-refractivity contribution in [2.45, 2.75) is 13.5 Å². The number of anilines is 1. The predicted octanol–water partition coefficient (Wildman–Crippen LogP) is 1.27. The molecule has 0 spiro atoms. The van der Waals surface area contributed by atoms with Crippen molar-refractivity contribution in [3.8, 4) is 0 Å². The highest BCUT2D eigenvalue weighted by molar-refractivity contribution is 7.09. The number of nitrogens with zero attached hydrogens (tertiary/aromatic N) is 3. The van der Waals surface area contributed by atoms with E-state index < -0.39 is 10.8 Å². The van der Waals surface area contributed by atoms with Gasteiger partial charge in [0, 0.05) is 10.9 Å². The number of rotatable bonds is 4. The number of hydrogen-bond acceptors (Lipinski definition) is 7. The van der Waals surface area contributed by atoms with E-state index in [0.717, 1.165) is 22.8 Å². The van der Waals surface area contributed by atoms with Gasteiger partial charge in [0.1, 0.15) is 12.0 Å². The largest absolute Gasteiger partial charge is 0.383 e. The molecule has 2 aromatic rings. The zero-order valence-electron chi connectivity index (χ0n) is 10.5. The lowest BCUT2D eigenvalue weighted by atomic mass is 10.2. The Balaban J connectivity index is 2.15. The number of nitro groups is 1. The van der Waals surface area contributed by atoms with Crippen molar-refractivity contribution in [1.82, 2.24) is 15.3 Å². The van der Waals surface area contributed by atoms with Gasteiger partial charge in [-0.05, 0) is 6.92 Å². The summed E-state index contributed by atoms with van der Waals surface area (Å²) in [6, 6.07) is 1.11. The first-order valence-electron chi connectivity index (χ1n) is 5.56. The monoisotopic (exact) mass is 293 g/mol. The minimum Gasteiger partial charge on any atom is -0.383 e. The Labute approximate surface area is 117 Å². The zero-order chi connectivity index (χ0) is 14.7. The van der Waals surface area contributed by atoms with Crippen molar-refractivity contribution in [3.63, 3.8) is 0 Å². The quantitative estimate of drug-likeness (QED) is 0.646. The minimum absolute atomic E-state index is 0.0126. The third-order valence-corrected chi connectivity index (χ3v) is 3.55. The number of hydrogen-bond donors (Lipinski definition) is 2. The second-order valence-electron chi connectivity index (χ2n) is 3.93. The van der Waals surface area contributed by atoms with Crippen molar-refractivity contribution in [1.29, 1.82) is 0 Å². The predicted molar refractivity (Wildman–Crippen MR) is 73.3 cm³/mol. The Kier molecular flexibility index (Phi) is 3.89. The van der Waals surface area contributed by atoms with Gasteiger partial charge in [-0.1, -0.05) is 0 Å². The highest BCUT2D eigenvalue weighted by Gasteiger charge is 2.16. The summed E-state index contributed by atoms with van der Waals surface area (Å²) >= 11 is 1.42. The van der Waals surface area contributed by atoms with E-state index in [1.165, 1.54) is 11.3 Å². The van der Waals surface area contributed by atoms with Gasteiger partial charge in [0.25, 0.3) is 11.6 Å². The van der Waals surface area contributed by atoms with E-state index in [1.54, 1.807) is 5.51 Å². The molecule has 20 heavy (non-hydrogen) atoms. The summed E-state index contributed by atoms with van der Waals surface area (Å²) < 4.78 is 0. The lowest BCUT2D eigenvalue weighted by Crippen LogP contribution is -2.24. The number of carbonyl (C=O) groups is 1. The molecule has 0 aliphatic rings. The van der Waals surface area contributed by atoms with Gasteiger partial charge in [-0.2, -0.15) is 0 Å². The molecular weight excluding hydrogens is 282 g/mol. The SMILES string of the molecule is Cc1ncsc1CNC(=O)c1cc([N+](=O)[O-])cnc1N. The maximum atomic E-state index is 12.0. The fourth-order valence-electron chi connectivity index (χ4n) is 1.50. The zero-order valence-corrected chi connectivity index (χ0v) is 11.3. The van der Waals surface area contributed by atoms with Crippen molar-refractivity contribution in [2.24, 2.45) is 0 Å². The fraction of sp³-hybridized carbons (Fsp3) is 0.182. The Bertz CT molecular complexity index is 670. The smallest absolute Gasteiger partial charge is 0.288 e. The molecule has 0 aliphatic heterocycles. The molecule has 0 radical (unpaired) electrons. The number of pyridine rings is 1. The maximum Gasteiger partial charge on any atom is 0.288 e. The molecule has 0 saturated heterocycles. The summed E-state index contributed by atoms with van der Waals surface area (Å²) in [5.41, 5.74) is 7.79. The Morgan fingerprint density at radius 2 is 2.30 bits per heavy atom. The van der Waals surface area contributed by atoms with Gasteiger partial charge < -0.3 is 11.1 Å². The van der Waals surface area contributed by atoms with E-state index in [-0.39, 0.29) is 23.6 Å². The van der Waals surface area contributed by atoms with Gasteiger partial charge in [-0.15, -0.1) is 11.3 Å². The Hall–Kier alpha value is -2.55. The topological polar surface area (TPSA) is 124 Å². The normalized spacial score (nSPS) is 10.2. The summed E-state index contributed by atoms with van der Waals surface area (Å²) in [5.74, 6) is -0.555. The molecule has 0 aliphatic carbocycles. The van der Waals surface area contributed by atoms with E-state index in [0.29, 0.717) is 0 Å². The molecule has 0 bridgehead atoms. The number of thiazole rings is 1. The lowest BCUT2D eigenvalue weighted by molar-refractivity contribution is -0.385. The van der Waals surface area contributed by atoms with E-state index in [4.69, 9.17) is 5.73 Å². The van der Waals surface area contributed by atoms with Crippen molar-refractivity contribution < 1.29 is 9.72 Å². The summed E-state index contributed by atoms with van der Waals surface area (Å²) in [4.78, 5) is 30.6. The van der Waals surface area contributed by atoms with Gasteiger partial charge in [0.15, 0.2) is 0 Å². The molecule has 2 rings (SSSR count). The number of amides is 1. The Morgan fingerprint density at radius 3 is 2.90 bits per heavy atom. The second kappa shape index (κ2) is 5.61. The molecule has 0 fully saturated rings. The van der Waals surface area contributed by atoms with Crippen LogP contribution in [0, 0.1) is 17.0 Å². The Morgan fingerprint density at radius 1 is 1.55 bits per heavy atom. The molecule has 0 atom stereocenters. The highest BCUT2D eigenvalue weighted by Crippen LogP contribution is 2.17. The third kappa shape index (κ3) is 2.88. The van der Waals surface area contributed by atoms with E-state index in [1.807, 2.05) is 6.92 Å². The molecule has 2 heterocycles. The first-order valence-corrected chi connectivity index (χ1v) is 6.44. The van der Waals surface area contributed by atoms with Crippen LogP contribution in [0.25, 0.3) is 0 Å². The third-order valence-electron chi connectivity index (χ3n) is 2.61. The molecule has 3 N–H and O–H groups in total. The summed E-state index contributed by atoms with van der Waals surface area (Å²) in [7, 11) is 0. The summed E-state index contributed by atoms with van der Waals surface area (Å²) in [6.07, 6.45) is 1.01. The fourth-order valence-corrected chi connectivity index (χ4v) is 2.21. The van der Waals surface area contributed by atoms with Crippen molar-refractivity contribution >= 4 is 28.7 Å². The van der Waals surface area contributed by atoms with Crippen LogP contribution < -0.4 is 11.1 Å². The number of carbonyl (C=O) groups excluding carboxylic acids is 1. The van der Waals surface area contributed by atoms with Crippen LogP contribution in [-0.4, -0.2) is 20.8 Å². The second-order valence-corrected chi connectivity index (χ2v) is 4.87. The molecule has 104 valence electrons. The number of aryl methyl sites for hydroxylation is 1.